The maximum absolute atomic E-state index is 13.5. The highest BCUT2D eigenvalue weighted by Crippen LogP contribution is 2.34. The van der Waals surface area contributed by atoms with E-state index in [9.17, 15) is 36.0 Å². The number of amides is 2. The number of piperazine rings is 1. The second kappa shape index (κ2) is 11.9. The summed E-state index contributed by atoms with van der Waals surface area (Å²) in [7, 11) is -8.26. The molecule has 0 unspecified atom stereocenters. The minimum Gasteiger partial charge on any atom is -0.351 e. The number of nitrogens with zero attached hydrogens (tertiary/aromatic N) is 2. The van der Waals surface area contributed by atoms with Gasteiger partial charge in [-0.15, -0.1) is 11.3 Å². The molecular formula is C24H25FN4O7S3. The largest absolute Gasteiger partial charge is 0.351 e. The summed E-state index contributed by atoms with van der Waals surface area (Å²) in [5, 5.41) is 11.8. The zero-order valence-electron chi connectivity index (χ0n) is 20.4. The van der Waals surface area contributed by atoms with Gasteiger partial charge in [0.15, 0.2) is 0 Å². The van der Waals surface area contributed by atoms with Crippen LogP contribution in [0.3, 0.4) is 0 Å². The lowest BCUT2D eigenvalue weighted by Crippen LogP contribution is -2.61. The van der Waals surface area contributed by atoms with Crippen molar-refractivity contribution in [2.45, 2.75) is 10.3 Å². The molecule has 1 saturated heterocycles. The van der Waals surface area contributed by atoms with E-state index >= 15 is 0 Å². The number of benzene rings is 2. The smallest absolute Gasteiger partial charge is 0.263 e. The van der Waals surface area contributed by atoms with Gasteiger partial charge in [0.2, 0.25) is 10.0 Å². The van der Waals surface area contributed by atoms with E-state index in [1.807, 2.05) is 0 Å². The van der Waals surface area contributed by atoms with Gasteiger partial charge in [-0.05, 0) is 42.0 Å². The van der Waals surface area contributed by atoms with Gasteiger partial charge in [-0.2, -0.15) is 8.61 Å². The van der Waals surface area contributed by atoms with Crippen molar-refractivity contribution in [1.82, 2.24) is 19.4 Å². The summed E-state index contributed by atoms with van der Waals surface area (Å²) in [6.07, 6.45) is 0. The summed E-state index contributed by atoms with van der Waals surface area (Å²) in [5.41, 5.74) is 2.38. The minimum atomic E-state index is -4.26. The van der Waals surface area contributed by atoms with E-state index in [0.717, 1.165) is 19.9 Å². The number of hydrogen-bond donors (Lipinski definition) is 3. The molecule has 208 valence electrons. The molecule has 1 aromatic heterocycles. The van der Waals surface area contributed by atoms with Gasteiger partial charge in [-0.25, -0.2) is 26.7 Å². The van der Waals surface area contributed by atoms with Gasteiger partial charge in [0.05, 0.1) is 5.75 Å². The molecule has 0 radical (unpaired) electrons. The maximum Gasteiger partial charge on any atom is 0.263 e. The number of hydroxylamine groups is 1. The van der Waals surface area contributed by atoms with Crippen LogP contribution in [0.1, 0.15) is 10.4 Å². The molecule has 0 spiro atoms. The van der Waals surface area contributed by atoms with E-state index in [2.05, 4.69) is 5.32 Å². The molecule has 39 heavy (non-hydrogen) atoms. The molecule has 15 heteroatoms. The van der Waals surface area contributed by atoms with Gasteiger partial charge < -0.3 is 5.32 Å². The lowest BCUT2D eigenvalue weighted by Gasteiger charge is -2.38. The van der Waals surface area contributed by atoms with Crippen molar-refractivity contribution in [1.29, 1.82) is 0 Å². The number of rotatable bonds is 9. The van der Waals surface area contributed by atoms with Crippen molar-refractivity contribution < 1.29 is 36.0 Å². The van der Waals surface area contributed by atoms with Crippen molar-refractivity contribution in [3.05, 3.63) is 78.1 Å². The zero-order chi connectivity index (χ0) is 28.2. The van der Waals surface area contributed by atoms with E-state index < -0.39 is 56.0 Å². The third-order valence-corrected chi connectivity index (χ3v) is 11.4. The Morgan fingerprint density at radius 2 is 1.67 bits per heavy atom. The predicted molar refractivity (Wildman–Crippen MR) is 141 cm³/mol. The van der Waals surface area contributed by atoms with Crippen LogP contribution >= 0.6 is 11.3 Å². The van der Waals surface area contributed by atoms with Gasteiger partial charge in [0.1, 0.15) is 16.1 Å². The van der Waals surface area contributed by atoms with Crippen LogP contribution in [0.5, 0.6) is 0 Å². The summed E-state index contributed by atoms with van der Waals surface area (Å²) in [4.78, 5) is 25.2. The fraction of sp³-hybridized carbons (Fsp3) is 0.250. The number of nitrogens with one attached hydrogen (secondary N) is 2. The quantitative estimate of drug-likeness (QED) is 0.250. The highest BCUT2D eigenvalue weighted by molar-refractivity contribution is 7.91. The Morgan fingerprint density at radius 3 is 2.33 bits per heavy atom. The summed E-state index contributed by atoms with van der Waals surface area (Å²) in [6.45, 7) is -1.32. The van der Waals surface area contributed by atoms with Crippen LogP contribution in [0.4, 0.5) is 4.39 Å². The summed E-state index contributed by atoms with van der Waals surface area (Å²) >= 11 is 0.914. The Kier molecular flexibility index (Phi) is 8.78. The van der Waals surface area contributed by atoms with Gasteiger partial charge in [-0.3, -0.25) is 14.8 Å². The van der Waals surface area contributed by atoms with Crippen LogP contribution in [-0.4, -0.2) is 80.4 Å². The molecule has 0 bridgehead atoms. The van der Waals surface area contributed by atoms with Crippen molar-refractivity contribution in [3.8, 4) is 10.4 Å². The number of carbonyl (C=O) groups is 2. The lowest BCUT2D eigenvalue weighted by molar-refractivity contribution is -0.134. The van der Waals surface area contributed by atoms with Crippen LogP contribution in [0.25, 0.3) is 10.4 Å². The third kappa shape index (κ3) is 6.51. The topological polar surface area (TPSA) is 153 Å². The molecule has 1 aliphatic heterocycles. The van der Waals surface area contributed by atoms with Crippen LogP contribution in [0.2, 0.25) is 0 Å². The fourth-order valence-corrected chi connectivity index (χ4v) is 8.39. The number of thiophene rings is 1. The van der Waals surface area contributed by atoms with E-state index in [0.29, 0.717) is 16.0 Å². The number of carbonyl (C=O) groups excluding carboxylic acids is 2. The lowest BCUT2D eigenvalue weighted by atomic mass is 10.2. The Hall–Kier alpha value is -3.21. The van der Waals surface area contributed by atoms with E-state index in [1.54, 1.807) is 36.4 Å². The molecule has 2 amide bonds. The monoisotopic (exact) mass is 596 g/mol. The predicted octanol–water partition coefficient (Wildman–Crippen LogP) is 1.49. The summed E-state index contributed by atoms with van der Waals surface area (Å²) in [6, 6.07) is 15.1. The molecule has 1 aliphatic rings. The molecule has 0 aliphatic carbocycles. The first-order valence-corrected chi connectivity index (χ1v) is 15.5. The first-order chi connectivity index (χ1) is 18.5. The molecule has 11 nitrogen and oxygen atoms in total. The van der Waals surface area contributed by atoms with Crippen LogP contribution in [0.15, 0.2) is 70.9 Å². The standard InChI is InChI=1S/C24H25FN4O7S3/c25-19-8-6-17(7-9-19)21-10-11-22(37-21)39(35,36)29-14-13-28(16-20(29)24(31)27-32)38(33,34)15-12-26-23(30)18-4-2-1-3-5-18/h1-11,20,32H,12-16H2,(H,26,30)(H,27,31)/t20-/m1/s1. The van der Waals surface area contributed by atoms with Crippen molar-refractivity contribution in [2.75, 3.05) is 31.9 Å². The molecule has 1 atom stereocenters. The maximum atomic E-state index is 13.5. The highest BCUT2D eigenvalue weighted by Gasteiger charge is 2.43. The number of halogens is 1. The Balaban J connectivity index is 1.47. The first kappa shape index (κ1) is 28.8. The van der Waals surface area contributed by atoms with Gasteiger partial charge >= 0.3 is 0 Å². The number of hydrogen-bond acceptors (Lipinski definition) is 8. The average Bonchev–Trinajstić information content (AvgIpc) is 3.44. The molecule has 2 heterocycles. The molecule has 3 N–H and O–H groups in total. The molecular weight excluding hydrogens is 571 g/mol. The molecule has 2 aromatic carbocycles. The van der Waals surface area contributed by atoms with Crippen LogP contribution in [0, 0.1) is 5.82 Å². The number of sulfonamides is 2. The average molecular weight is 597 g/mol. The van der Waals surface area contributed by atoms with Gasteiger partial charge in [-0.1, -0.05) is 30.3 Å². The van der Waals surface area contributed by atoms with Crippen LogP contribution < -0.4 is 10.8 Å². The second-order valence-corrected chi connectivity index (χ2v) is 13.8. The van der Waals surface area contributed by atoms with Crippen molar-refractivity contribution in [2.24, 2.45) is 0 Å². The molecule has 1 fully saturated rings. The second-order valence-electron chi connectivity index (χ2n) is 8.53. The van der Waals surface area contributed by atoms with E-state index in [-0.39, 0.29) is 23.8 Å². The molecule has 4 rings (SSSR count). The van der Waals surface area contributed by atoms with E-state index in [4.69, 9.17) is 0 Å². The first-order valence-electron chi connectivity index (χ1n) is 11.7. The molecule has 0 saturated carbocycles. The van der Waals surface area contributed by atoms with Gasteiger partial charge in [0, 0.05) is 36.6 Å². The Bertz CT molecular complexity index is 1550. The van der Waals surface area contributed by atoms with Crippen molar-refractivity contribution >= 4 is 43.2 Å². The third-order valence-electron chi connectivity index (χ3n) is 6.05. The summed E-state index contributed by atoms with van der Waals surface area (Å²) < 4.78 is 67.8. The minimum absolute atomic E-state index is 0.0995. The highest BCUT2D eigenvalue weighted by atomic mass is 32.2. The fourth-order valence-electron chi connectivity index (χ4n) is 4.03. The molecule has 3 aromatic rings. The SMILES string of the molecule is O=C(NCCS(=O)(=O)N1CCN(S(=O)(=O)c2ccc(-c3ccc(F)cc3)s2)[C@@H](C(=O)NO)C1)c1ccccc1. The Labute approximate surface area is 228 Å². The Morgan fingerprint density at radius 1 is 0.974 bits per heavy atom. The normalized spacial score (nSPS) is 17.0. The van der Waals surface area contributed by atoms with Crippen molar-refractivity contribution in [3.63, 3.8) is 0 Å². The summed E-state index contributed by atoms with van der Waals surface area (Å²) in [5.74, 6) is -2.45. The van der Waals surface area contributed by atoms with E-state index in [1.165, 1.54) is 35.8 Å². The zero-order valence-corrected chi connectivity index (χ0v) is 22.8. The van der Waals surface area contributed by atoms with Crippen LogP contribution in [-0.2, 0) is 24.8 Å². The van der Waals surface area contributed by atoms with Gasteiger partial charge in [0.25, 0.3) is 21.8 Å².